The normalized spacial score (nSPS) is 22.9. The maximum absolute atomic E-state index is 13.6. The van der Waals surface area contributed by atoms with E-state index in [0.717, 1.165) is 37.9 Å². The number of piperidine rings is 2. The van der Waals surface area contributed by atoms with E-state index >= 15 is 0 Å². The van der Waals surface area contributed by atoms with Gasteiger partial charge in [-0.05, 0) is 69.9 Å². The maximum atomic E-state index is 13.6. The number of benzene rings is 1. The molecule has 1 N–H and O–H groups in total. The molecule has 2 saturated heterocycles. The molecule has 0 aliphatic carbocycles. The number of carbonyl (C=O) groups is 2. The monoisotopic (exact) mass is 585 g/mol. The Hall–Kier alpha value is -2.92. The van der Waals surface area contributed by atoms with Crippen LogP contribution in [0.5, 0.6) is 5.75 Å². The van der Waals surface area contributed by atoms with Crippen LogP contribution in [-0.2, 0) is 33.1 Å². The number of likely N-dealkylation sites (tertiary alicyclic amines) is 1. The number of aryl methyl sites for hydroxylation is 3. The van der Waals surface area contributed by atoms with Crippen LogP contribution in [0.25, 0.3) is 0 Å². The molecule has 2 aromatic rings. The van der Waals surface area contributed by atoms with Crippen molar-refractivity contribution in [3.63, 3.8) is 0 Å². The minimum atomic E-state index is -3.72. The van der Waals surface area contributed by atoms with Crippen molar-refractivity contribution in [2.24, 2.45) is 18.4 Å². The Morgan fingerprint density at radius 3 is 2.61 bits per heavy atom. The first-order valence-electron chi connectivity index (χ1n) is 15.0. The van der Waals surface area contributed by atoms with Gasteiger partial charge in [0.15, 0.2) is 0 Å². The number of rotatable bonds is 3. The summed E-state index contributed by atoms with van der Waals surface area (Å²) in [6, 6.07) is 8.17. The fourth-order valence-electron chi connectivity index (χ4n) is 6.61. The number of nitrogens with one attached hydrogen (secondary N) is 1. The molecule has 1 aromatic carbocycles. The van der Waals surface area contributed by atoms with E-state index in [1.807, 2.05) is 23.1 Å². The zero-order valence-electron chi connectivity index (χ0n) is 24.3. The molecule has 10 nitrogen and oxygen atoms in total. The van der Waals surface area contributed by atoms with Crippen molar-refractivity contribution in [1.29, 1.82) is 0 Å². The lowest BCUT2D eigenvalue weighted by Gasteiger charge is -2.42. The minimum Gasteiger partial charge on any atom is -0.493 e. The molecule has 1 spiro atoms. The van der Waals surface area contributed by atoms with Crippen molar-refractivity contribution < 1.29 is 22.7 Å². The fourth-order valence-corrected chi connectivity index (χ4v) is 8.33. The Kier molecular flexibility index (Phi) is 9.03. The molecule has 0 bridgehead atoms. The summed E-state index contributed by atoms with van der Waals surface area (Å²) in [5.74, 6) is 0.646. The molecule has 1 aromatic heterocycles. The van der Waals surface area contributed by atoms with Gasteiger partial charge in [0, 0.05) is 46.0 Å². The number of ether oxygens (including phenoxy) is 1. The molecule has 224 valence electrons. The van der Waals surface area contributed by atoms with Crippen LogP contribution in [0.15, 0.2) is 35.4 Å². The van der Waals surface area contributed by atoms with Gasteiger partial charge in [-0.2, -0.15) is 9.40 Å². The lowest BCUT2D eigenvalue weighted by atomic mass is 9.73. The second-order valence-corrected chi connectivity index (χ2v) is 13.7. The number of carbonyl (C=O) groups excluding carboxylic acids is 2. The summed E-state index contributed by atoms with van der Waals surface area (Å²) >= 11 is 0. The summed E-state index contributed by atoms with van der Waals surface area (Å²) in [6.45, 7) is 4.43. The van der Waals surface area contributed by atoms with Crippen LogP contribution in [-0.4, -0.2) is 78.5 Å². The molecule has 0 radical (unpaired) electrons. The van der Waals surface area contributed by atoms with Gasteiger partial charge in [0.2, 0.25) is 21.8 Å². The molecule has 4 heterocycles. The SMILES string of the molecule is Cc1nn(C)cc1S(=O)(=O)N1CCCC(C(=O)N2CCC3(CCCCc4ccccc4OCCCNC3=O)CC2)C1. The highest BCUT2D eigenvalue weighted by atomic mass is 32.2. The van der Waals surface area contributed by atoms with E-state index in [1.54, 1.807) is 14.0 Å². The molecule has 3 aliphatic rings. The molecular formula is C30H43N5O5S. The van der Waals surface area contributed by atoms with Crippen molar-refractivity contribution in [1.82, 2.24) is 24.3 Å². The van der Waals surface area contributed by atoms with Crippen LogP contribution >= 0.6 is 0 Å². The zero-order valence-corrected chi connectivity index (χ0v) is 25.1. The molecule has 3 aliphatic heterocycles. The first-order chi connectivity index (χ1) is 19.7. The van der Waals surface area contributed by atoms with Crippen molar-refractivity contribution in [3.8, 4) is 5.75 Å². The third kappa shape index (κ3) is 6.45. The van der Waals surface area contributed by atoms with Crippen LogP contribution < -0.4 is 10.1 Å². The fraction of sp³-hybridized carbons (Fsp3) is 0.633. The molecule has 1 unspecified atom stereocenters. The van der Waals surface area contributed by atoms with Crippen molar-refractivity contribution >= 4 is 21.8 Å². The molecule has 2 fully saturated rings. The minimum absolute atomic E-state index is 0.00136. The van der Waals surface area contributed by atoms with E-state index in [-0.39, 0.29) is 29.2 Å². The maximum Gasteiger partial charge on any atom is 0.246 e. The third-order valence-electron chi connectivity index (χ3n) is 9.02. The molecule has 5 rings (SSSR count). The van der Waals surface area contributed by atoms with Gasteiger partial charge in [-0.1, -0.05) is 24.6 Å². The summed E-state index contributed by atoms with van der Waals surface area (Å²) in [4.78, 5) is 29.2. The standard InChI is InChI=1S/C30H43N5O5S/c1-23-27(22-33(2)32-23)41(38,39)35-17-7-11-25(21-35)28(36)34-18-14-30(15-19-34)13-6-5-10-24-9-3-4-12-26(24)40-20-8-16-31-29(30)37/h3-4,9,12,22,25H,5-8,10-11,13-21H2,1-2H3,(H,31,37). The number of amides is 2. The van der Waals surface area contributed by atoms with Crippen LogP contribution in [0.2, 0.25) is 0 Å². The predicted molar refractivity (Wildman–Crippen MR) is 155 cm³/mol. The summed E-state index contributed by atoms with van der Waals surface area (Å²) < 4.78 is 35.6. The number of hydrogen-bond donors (Lipinski definition) is 1. The highest BCUT2D eigenvalue weighted by Gasteiger charge is 2.43. The van der Waals surface area contributed by atoms with Gasteiger partial charge in [0.25, 0.3) is 0 Å². The van der Waals surface area contributed by atoms with E-state index in [4.69, 9.17) is 4.74 Å². The Morgan fingerprint density at radius 2 is 1.85 bits per heavy atom. The average molecular weight is 586 g/mol. The van der Waals surface area contributed by atoms with Gasteiger partial charge in [-0.15, -0.1) is 0 Å². The third-order valence-corrected chi connectivity index (χ3v) is 11.0. The number of para-hydroxylation sites is 1. The van der Waals surface area contributed by atoms with Gasteiger partial charge >= 0.3 is 0 Å². The number of fused-ring (bicyclic) bond motifs is 1. The van der Waals surface area contributed by atoms with Crippen LogP contribution in [0.1, 0.15) is 62.6 Å². The predicted octanol–water partition coefficient (Wildman–Crippen LogP) is 3.05. The van der Waals surface area contributed by atoms with E-state index in [1.165, 1.54) is 20.7 Å². The largest absolute Gasteiger partial charge is 0.493 e. The van der Waals surface area contributed by atoms with Crippen molar-refractivity contribution in [2.75, 3.05) is 39.3 Å². The number of aromatic nitrogens is 2. The Labute approximate surface area is 243 Å². The molecule has 41 heavy (non-hydrogen) atoms. The first kappa shape index (κ1) is 29.6. The quantitative estimate of drug-likeness (QED) is 0.593. The smallest absolute Gasteiger partial charge is 0.246 e. The van der Waals surface area contributed by atoms with Gasteiger partial charge in [-0.25, -0.2) is 8.42 Å². The van der Waals surface area contributed by atoms with Crippen molar-refractivity contribution in [3.05, 3.63) is 41.7 Å². The lowest BCUT2D eigenvalue weighted by Crippen LogP contribution is -2.53. The summed E-state index contributed by atoms with van der Waals surface area (Å²) in [6.07, 6.45) is 8.44. The Balaban J connectivity index is 1.21. The van der Waals surface area contributed by atoms with Gasteiger partial charge in [0.05, 0.1) is 23.6 Å². The average Bonchev–Trinajstić information content (AvgIpc) is 3.34. The van der Waals surface area contributed by atoms with Crippen LogP contribution in [0, 0.1) is 18.3 Å². The first-order valence-corrected chi connectivity index (χ1v) is 16.4. The number of hydrogen-bond acceptors (Lipinski definition) is 6. The number of sulfonamides is 1. The molecule has 11 heteroatoms. The second kappa shape index (κ2) is 12.5. The summed E-state index contributed by atoms with van der Waals surface area (Å²) in [5, 5.41) is 7.35. The molecule has 0 saturated carbocycles. The topological polar surface area (TPSA) is 114 Å². The molecular weight excluding hydrogens is 542 g/mol. The molecule has 2 amide bonds. The van der Waals surface area contributed by atoms with Crippen LogP contribution in [0.3, 0.4) is 0 Å². The Bertz CT molecular complexity index is 1350. The highest BCUT2D eigenvalue weighted by Crippen LogP contribution is 2.38. The van der Waals surface area contributed by atoms with E-state index in [2.05, 4.69) is 16.5 Å². The van der Waals surface area contributed by atoms with E-state index in [9.17, 15) is 18.0 Å². The Morgan fingerprint density at radius 1 is 1.07 bits per heavy atom. The number of nitrogens with zero attached hydrogens (tertiary/aromatic N) is 4. The van der Waals surface area contributed by atoms with Gasteiger partial charge in [0.1, 0.15) is 10.6 Å². The van der Waals surface area contributed by atoms with Gasteiger partial charge in [-0.3, -0.25) is 14.3 Å². The molecule has 1 atom stereocenters. The van der Waals surface area contributed by atoms with E-state index < -0.39 is 15.4 Å². The summed E-state index contributed by atoms with van der Waals surface area (Å²) in [7, 11) is -2.02. The van der Waals surface area contributed by atoms with E-state index in [0.29, 0.717) is 64.2 Å². The zero-order chi connectivity index (χ0) is 29.0. The summed E-state index contributed by atoms with van der Waals surface area (Å²) in [5.41, 5.74) is 1.19. The van der Waals surface area contributed by atoms with Gasteiger partial charge < -0.3 is 15.0 Å². The lowest BCUT2D eigenvalue weighted by molar-refractivity contribution is -0.144. The highest BCUT2D eigenvalue weighted by molar-refractivity contribution is 7.89. The van der Waals surface area contributed by atoms with Crippen molar-refractivity contribution in [2.45, 2.75) is 69.6 Å². The second-order valence-electron chi connectivity index (χ2n) is 11.8. The van der Waals surface area contributed by atoms with Crippen LogP contribution in [0.4, 0.5) is 0 Å².